The van der Waals surface area contributed by atoms with Crippen LogP contribution in [0.3, 0.4) is 0 Å². The fraction of sp³-hybridized carbons (Fsp3) is 0.0909. The van der Waals surface area contributed by atoms with E-state index in [1.54, 1.807) is 18.3 Å². The van der Waals surface area contributed by atoms with Crippen LogP contribution in [-0.4, -0.2) is 28.4 Å². The number of nitrogens with one attached hydrogen (secondary N) is 2. The number of benzene rings is 3. The molecular formula is C22H18N4O2S. The summed E-state index contributed by atoms with van der Waals surface area (Å²) >= 11 is 1.21. The molecule has 1 aliphatic heterocycles. The minimum Gasteiger partial charge on any atom is -0.326 e. The molecule has 3 aromatic rings. The topological polar surface area (TPSA) is 82.9 Å². The Morgan fingerprint density at radius 2 is 1.79 bits per heavy atom. The van der Waals surface area contributed by atoms with Gasteiger partial charge in [0.05, 0.1) is 6.21 Å². The number of amidine groups is 1. The SMILES string of the molecule is O=C(CC1S/C(=N/N=C/c2cccc3ccccc23)NC1=O)Nc1ccccc1. The van der Waals surface area contributed by atoms with Crippen molar-refractivity contribution in [2.45, 2.75) is 11.7 Å². The molecule has 4 rings (SSSR count). The van der Waals surface area contributed by atoms with E-state index in [9.17, 15) is 9.59 Å². The second kappa shape index (κ2) is 8.70. The lowest BCUT2D eigenvalue weighted by Gasteiger charge is -2.06. The van der Waals surface area contributed by atoms with Gasteiger partial charge in [0.15, 0.2) is 5.17 Å². The van der Waals surface area contributed by atoms with Crippen molar-refractivity contribution in [2.24, 2.45) is 10.2 Å². The van der Waals surface area contributed by atoms with Gasteiger partial charge in [-0.15, -0.1) is 5.10 Å². The van der Waals surface area contributed by atoms with Crippen molar-refractivity contribution >= 4 is 51.4 Å². The highest BCUT2D eigenvalue weighted by Crippen LogP contribution is 2.23. The molecule has 0 radical (unpaired) electrons. The number of hydrogen-bond donors (Lipinski definition) is 2. The number of thioether (sulfide) groups is 1. The van der Waals surface area contributed by atoms with Gasteiger partial charge in [-0.25, -0.2) is 0 Å². The lowest BCUT2D eigenvalue weighted by Crippen LogP contribution is -2.28. The van der Waals surface area contributed by atoms with Crippen LogP contribution in [0.15, 0.2) is 83.0 Å². The molecule has 0 bridgehead atoms. The van der Waals surface area contributed by atoms with Gasteiger partial charge in [-0.2, -0.15) is 5.10 Å². The highest BCUT2D eigenvalue weighted by molar-refractivity contribution is 8.15. The Balaban J connectivity index is 1.39. The van der Waals surface area contributed by atoms with Gasteiger partial charge in [0.1, 0.15) is 5.25 Å². The minimum absolute atomic E-state index is 0.0669. The molecule has 1 unspecified atom stereocenters. The lowest BCUT2D eigenvalue weighted by molar-refractivity contribution is -0.122. The van der Waals surface area contributed by atoms with E-state index in [-0.39, 0.29) is 18.2 Å². The van der Waals surface area contributed by atoms with Crippen LogP contribution in [0.4, 0.5) is 5.69 Å². The monoisotopic (exact) mass is 402 g/mol. The molecule has 1 aliphatic rings. The van der Waals surface area contributed by atoms with Gasteiger partial charge in [0.25, 0.3) is 0 Å². The van der Waals surface area contributed by atoms with Gasteiger partial charge in [0.2, 0.25) is 11.8 Å². The molecule has 144 valence electrons. The zero-order chi connectivity index (χ0) is 20.1. The number of fused-ring (bicyclic) bond motifs is 1. The van der Waals surface area contributed by atoms with Crippen molar-refractivity contribution in [1.82, 2.24) is 5.32 Å². The molecule has 1 atom stereocenters. The highest BCUT2D eigenvalue weighted by atomic mass is 32.2. The van der Waals surface area contributed by atoms with Gasteiger partial charge in [-0.1, -0.05) is 72.4 Å². The maximum absolute atomic E-state index is 12.2. The summed E-state index contributed by atoms with van der Waals surface area (Å²) in [4.78, 5) is 24.3. The summed E-state index contributed by atoms with van der Waals surface area (Å²) in [5.74, 6) is -0.457. The number of nitrogens with zero attached hydrogens (tertiary/aromatic N) is 2. The molecule has 6 nitrogen and oxygen atoms in total. The molecule has 29 heavy (non-hydrogen) atoms. The minimum atomic E-state index is -0.523. The Kier molecular flexibility index (Phi) is 5.67. The zero-order valence-electron chi connectivity index (χ0n) is 15.4. The normalized spacial score (nSPS) is 17.7. The van der Waals surface area contributed by atoms with Gasteiger partial charge in [-0.3, -0.25) is 9.59 Å². The Labute approximate surface area is 172 Å². The van der Waals surface area contributed by atoms with Crippen molar-refractivity contribution in [3.63, 3.8) is 0 Å². The van der Waals surface area contributed by atoms with E-state index in [1.807, 2.05) is 60.7 Å². The summed E-state index contributed by atoms with van der Waals surface area (Å²) < 4.78 is 0. The first-order valence-electron chi connectivity index (χ1n) is 9.10. The number of rotatable bonds is 5. The molecule has 0 saturated carbocycles. The van der Waals surface area contributed by atoms with E-state index in [0.29, 0.717) is 10.9 Å². The number of hydrogen-bond acceptors (Lipinski definition) is 5. The predicted octanol–water partition coefficient (Wildman–Crippen LogP) is 3.79. The van der Waals surface area contributed by atoms with Crippen molar-refractivity contribution in [2.75, 3.05) is 5.32 Å². The van der Waals surface area contributed by atoms with Gasteiger partial charge in [0, 0.05) is 17.7 Å². The third-order valence-corrected chi connectivity index (χ3v) is 5.45. The van der Waals surface area contributed by atoms with E-state index in [4.69, 9.17) is 0 Å². The van der Waals surface area contributed by atoms with Crippen molar-refractivity contribution in [3.8, 4) is 0 Å². The standard InChI is InChI=1S/C22H18N4O2S/c27-20(24-17-10-2-1-3-11-17)13-19-21(28)25-22(29-19)26-23-14-16-9-6-8-15-7-4-5-12-18(15)16/h1-12,14,19H,13H2,(H,24,27)(H,25,26,28)/b23-14+. The fourth-order valence-electron chi connectivity index (χ4n) is 2.99. The van der Waals surface area contributed by atoms with Crippen molar-refractivity contribution in [3.05, 3.63) is 78.4 Å². The van der Waals surface area contributed by atoms with Crippen LogP contribution in [0, 0.1) is 0 Å². The third kappa shape index (κ3) is 4.70. The van der Waals surface area contributed by atoms with E-state index in [1.165, 1.54) is 11.8 Å². The number of amides is 2. The summed E-state index contributed by atoms with van der Waals surface area (Å²) in [5.41, 5.74) is 1.65. The fourth-order valence-corrected chi connectivity index (χ4v) is 3.92. The molecule has 0 spiro atoms. The molecule has 1 fully saturated rings. The molecule has 0 aromatic heterocycles. The van der Waals surface area contributed by atoms with Gasteiger partial charge < -0.3 is 10.6 Å². The van der Waals surface area contributed by atoms with Crippen LogP contribution in [0.1, 0.15) is 12.0 Å². The average Bonchev–Trinajstić information content (AvgIpc) is 3.08. The molecule has 0 aliphatic carbocycles. The smallest absolute Gasteiger partial charge is 0.240 e. The number of anilines is 1. The molecule has 7 heteroatoms. The summed E-state index contributed by atoms with van der Waals surface area (Å²) in [6.45, 7) is 0. The Morgan fingerprint density at radius 3 is 2.66 bits per heavy atom. The maximum Gasteiger partial charge on any atom is 0.240 e. The lowest BCUT2D eigenvalue weighted by atomic mass is 10.1. The maximum atomic E-state index is 12.2. The number of carbonyl (C=O) groups excluding carboxylic acids is 2. The first-order chi connectivity index (χ1) is 14.2. The van der Waals surface area contributed by atoms with Crippen LogP contribution in [0.5, 0.6) is 0 Å². The molecule has 2 amide bonds. The van der Waals surface area contributed by atoms with Crippen LogP contribution in [0.2, 0.25) is 0 Å². The van der Waals surface area contributed by atoms with Crippen molar-refractivity contribution < 1.29 is 9.59 Å². The first kappa shape index (κ1) is 18.9. The molecule has 2 N–H and O–H groups in total. The summed E-state index contributed by atoms with van der Waals surface area (Å²) in [6, 6.07) is 23.1. The Hall–Kier alpha value is -3.45. The van der Waals surface area contributed by atoms with Crippen LogP contribution in [-0.2, 0) is 9.59 Å². The zero-order valence-corrected chi connectivity index (χ0v) is 16.2. The number of para-hydroxylation sites is 1. The first-order valence-corrected chi connectivity index (χ1v) is 9.98. The Bertz CT molecular complexity index is 1110. The van der Waals surface area contributed by atoms with E-state index >= 15 is 0 Å². The van der Waals surface area contributed by atoms with Crippen LogP contribution < -0.4 is 10.6 Å². The molecule has 1 heterocycles. The summed E-state index contributed by atoms with van der Waals surface area (Å²) in [5, 5.41) is 15.8. The second-order valence-corrected chi connectivity index (χ2v) is 7.62. The van der Waals surface area contributed by atoms with E-state index in [0.717, 1.165) is 16.3 Å². The van der Waals surface area contributed by atoms with Crippen LogP contribution in [0.25, 0.3) is 10.8 Å². The quantitative estimate of drug-likeness (QED) is 0.503. The highest BCUT2D eigenvalue weighted by Gasteiger charge is 2.32. The molecule has 3 aromatic carbocycles. The largest absolute Gasteiger partial charge is 0.326 e. The summed E-state index contributed by atoms with van der Waals surface area (Å²) in [7, 11) is 0. The molecule has 1 saturated heterocycles. The van der Waals surface area contributed by atoms with E-state index in [2.05, 4.69) is 20.8 Å². The number of carbonyl (C=O) groups is 2. The van der Waals surface area contributed by atoms with E-state index < -0.39 is 5.25 Å². The predicted molar refractivity (Wildman–Crippen MR) is 118 cm³/mol. The van der Waals surface area contributed by atoms with Gasteiger partial charge in [-0.05, 0) is 22.9 Å². The molecular weight excluding hydrogens is 384 g/mol. The average molecular weight is 402 g/mol. The van der Waals surface area contributed by atoms with Gasteiger partial charge >= 0.3 is 0 Å². The second-order valence-electron chi connectivity index (χ2n) is 6.43. The summed E-state index contributed by atoms with van der Waals surface area (Å²) in [6.07, 6.45) is 1.73. The third-order valence-electron chi connectivity index (χ3n) is 4.37. The van der Waals surface area contributed by atoms with Crippen molar-refractivity contribution in [1.29, 1.82) is 0 Å². The Morgan fingerprint density at radius 1 is 1.03 bits per heavy atom. The van der Waals surface area contributed by atoms with Crippen LogP contribution >= 0.6 is 11.8 Å².